The van der Waals surface area contributed by atoms with Crippen LogP contribution in [0, 0.1) is 0 Å². The molecule has 21 nitrogen and oxygen atoms in total. The Balaban J connectivity index is 2.45. The van der Waals surface area contributed by atoms with Crippen LogP contribution in [0.4, 0.5) is 0 Å². The summed E-state index contributed by atoms with van der Waals surface area (Å²) in [6, 6.07) is -4.16. The van der Waals surface area contributed by atoms with Gasteiger partial charge in [-0.1, -0.05) is 0 Å². The maximum absolute atomic E-state index is 12.8. The normalized spacial score (nSPS) is 15.0. The Kier molecular flexibility index (Phi) is 17.2. The highest BCUT2D eigenvalue weighted by Crippen LogP contribution is 2.17. The van der Waals surface area contributed by atoms with Crippen LogP contribution in [0.2, 0.25) is 0 Å². The summed E-state index contributed by atoms with van der Waals surface area (Å²) in [4.78, 5) is 110. The highest BCUT2D eigenvalue weighted by Gasteiger charge is 2.35. The van der Waals surface area contributed by atoms with Crippen LogP contribution < -0.4 is 26.6 Å². The Labute approximate surface area is 262 Å². The number of carbonyl (C=O) groups is 9. The molecule has 1 aliphatic rings. The van der Waals surface area contributed by atoms with Gasteiger partial charge in [0.2, 0.25) is 35.4 Å². The zero-order chi connectivity index (χ0) is 34.8. The molecule has 0 radical (unpaired) electrons. The molecule has 0 aromatic heterocycles. The largest absolute Gasteiger partial charge is 0.480 e. The number of aliphatic carboxylic acids is 1. The minimum atomic E-state index is -1.59. The van der Waals surface area contributed by atoms with Crippen LogP contribution in [0.3, 0.4) is 0 Å². The summed E-state index contributed by atoms with van der Waals surface area (Å²) in [5.74, 6) is -7.77. The van der Waals surface area contributed by atoms with Crippen molar-refractivity contribution in [1.82, 2.24) is 36.4 Å². The first kappa shape index (κ1) is 39.1. The molecule has 3 atom stereocenters. The van der Waals surface area contributed by atoms with E-state index in [4.69, 9.17) is 14.9 Å². The van der Waals surface area contributed by atoms with E-state index in [1.165, 1.54) is 19.0 Å². The average molecular weight is 662 g/mol. The van der Waals surface area contributed by atoms with Gasteiger partial charge in [-0.05, 0) is 12.8 Å². The second-order valence-corrected chi connectivity index (χ2v) is 9.84. The number of aliphatic hydroxyl groups excluding tert-OH is 2. The number of nitrogens with one attached hydrogen (secondary N) is 5. The molecular formula is C25H39N7O14. The van der Waals surface area contributed by atoms with Gasteiger partial charge in [-0.3, -0.25) is 33.6 Å². The summed E-state index contributed by atoms with van der Waals surface area (Å²) in [6.07, 6.45) is 0.618. The van der Waals surface area contributed by atoms with Gasteiger partial charge in [0.25, 0.3) is 5.91 Å². The molecular weight excluding hydrogens is 622 g/mol. The number of hydrogen-bond acceptors (Lipinski definition) is 13. The molecule has 258 valence electrons. The van der Waals surface area contributed by atoms with Crippen LogP contribution in [-0.4, -0.2) is 170 Å². The number of aliphatic hydroxyl groups is 2. The summed E-state index contributed by atoms with van der Waals surface area (Å²) in [7, 11) is 3.00. The third-order valence-corrected chi connectivity index (χ3v) is 6.12. The minimum absolute atomic E-state index is 0.147. The number of rotatable bonds is 19. The second-order valence-electron chi connectivity index (χ2n) is 9.84. The van der Waals surface area contributed by atoms with Gasteiger partial charge in [0, 0.05) is 20.6 Å². The fourth-order valence-corrected chi connectivity index (χ4v) is 3.63. The molecule has 1 aliphatic heterocycles. The Morgan fingerprint density at radius 2 is 1.43 bits per heavy atom. The summed E-state index contributed by atoms with van der Waals surface area (Å²) in [5, 5.41) is 38.1. The lowest BCUT2D eigenvalue weighted by atomic mass is 10.1. The fourth-order valence-electron chi connectivity index (χ4n) is 3.63. The molecule has 21 heteroatoms. The van der Waals surface area contributed by atoms with Crippen LogP contribution in [0.5, 0.6) is 0 Å². The van der Waals surface area contributed by atoms with Crippen LogP contribution >= 0.6 is 0 Å². The molecule has 0 aromatic carbocycles. The SMILES string of the molecule is CN(C)C(=O)COCC(=O)OCC(=O)NCC(=O)NCC(=O)N1CCC[C@H]1C(=O)NC(CO)C(=O)NCC(=O)NC(CO)C(=O)O. The smallest absolute Gasteiger partial charge is 0.332 e. The zero-order valence-corrected chi connectivity index (χ0v) is 25.2. The van der Waals surface area contributed by atoms with Crippen molar-refractivity contribution in [2.24, 2.45) is 0 Å². The zero-order valence-electron chi connectivity index (χ0n) is 25.2. The monoisotopic (exact) mass is 661 g/mol. The topological polar surface area (TPSA) is 299 Å². The molecule has 0 aliphatic carbocycles. The van der Waals surface area contributed by atoms with E-state index in [2.05, 4.69) is 26.0 Å². The van der Waals surface area contributed by atoms with Crippen molar-refractivity contribution in [3.63, 3.8) is 0 Å². The van der Waals surface area contributed by atoms with Gasteiger partial charge in [-0.25, -0.2) is 9.59 Å². The molecule has 7 amide bonds. The van der Waals surface area contributed by atoms with E-state index in [0.29, 0.717) is 6.42 Å². The number of esters is 1. The van der Waals surface area contributed by atoms with E-state index < -0.39 is 112 Å². The number of hydrogen-bond donors (Lipinski definition) is 8. The summed E-state index contributed by atoms with van der Waals surface area (Å²) in [5.41, 5.74) is 0. The molecule has 46 heavy (non-hydrogen) atoms. The van der Waals surface area contributed by atoms with Crippen molar-refractivity contribution < 1.29 is 67.9 Å². The van der Waals surface area contributed by atoms with Crippen molar-refractivity contribution in [3.8, 4) is 0 Å². The van der Waals surface area contributed by atoms with Crippen LogP contribution in [0.15, 0.2) is 0 Å². The van der Waals surface area contributed by atoms with Gasteiger partial charge >= 0.3 is 11.9 Å². The molecule has 1 saturated heterocycles. The first-order valence-corrected chi connectivity index (χ1v) is 13.8. The van der Waals surface area contributed by atoms with Gasteiger partial charge in [0.05, 0.1) is 32.8 Å². The Bertz CT molecular complexity index is 1150. The van der Waals surface area contributed by atoms with E-state index in [-0.39, 0.29) is 25.5 Å². The first-order chi connectivity index (χ1) is 21.7. The standard InChI is InChI=1S/C25H39N7O14/c1-31(2)21(39)12-45-13-22(40)46-11-19(37)26-6-17(35)27-8-20(38)32-5-3-4-16(32)24(42)30-14(9-33)23(41)28-7-18(36)29-15(10-34)25(43)44/h14-16,33-34H,3-13H2,1-2H3,(H,26,37)(H,27,35)(H,28,41)(H,29,36)(H,30,42)(H,43,44)/t14?,15?,16-/m0/s1. The molecule has 0 aromatic rings. The van der Waals surface area contributed by atoms with E-state index in [0.717, 1.165) is 4.90 Å². The molecule has 0 spiro atoms. The van der Waals surface area contributed by atoms with Crippen LogP contribution in [0.1, 0.15) is 12.8 Å². The van der Waals surface area contributed by atoms with Crippen molar-refractivity contribution >= 4 is 53.3 Å². The van der Waals surface area contributed by atoms with Gasteiger partial charge in [-0.2, -0.15) is 0 Å². The molecule has 2 unspecified atom stereocenters. The third-order valence-electron chi connectivity index (χ3n) is 6.12. The lowest BCUT2D eigenvalue weighted by molar-refractivity contribution is -0.154. The van der Waals surface area contributed by atoms with Crippen molar-refractivity contribution in [2.45, 2.75) is 31.0 Å². The highest BCUT2D eigenvalue weighted by atomic mass is 16.6. The van der Waals surface area contributed by atoms with Crippen LogP contribution in [-0.2, 0) is 52.6 Å². The van der Waals surface area contributed by atoms with Gasteiger partial charge in [0.1, 0.15) is 31.3 Å². The summed E-state index contributed by atoms with van der Waals surface area (Å²) >= 11 is 0. The number of carboxylic acids is 1. The Morgan fingerprint density at radius 3 is 2.04 bits per heavy atom. The maximum atomic E-state index is 12.8. The third kappa shape index (κ3) is 14.3. The van der Waals surface area contributed by atoms with Crippen molar-refractivity contribution in [3.05, 3.63) is 0 Å². The number of ether oxygens (including phenoxy) is 2. The number of nitrogens with zero attached hydrogens (tertiary/aromatic N) is 2. The van der Waals surface area contributed by atoms with E-state index in [1.54, 1.807) is 0 Å². The lowest BCUT2D eigenvalue weighted by Gasteiger charge is -2.26. The molecule has 1 fully saturated rings. The molecule has 0 bridgehead atoms. The first-order valence-electron chi connectivity index (χ1n) is 13.8. The highest BCUT2D eigenvalue weighted by molar-refractivity contribution is 5.95. The van der Waals surface area contributed by atoms with Crippen molar-refractivity contribution in [2.75, 3.05) is 73.3 Å². The lowest BCUT2D eigenvalue weighted by Crippen LogP contribution is -2.56. The minimum Gasteiger partial charge on any atom is -0.480 e. The van der Waals surface area contributed by atoms with Crippen molar-refractivity contribution in [1.29, 1.82) is 0 Å². The number of carboxylic acid groups (broad SMARTS) is 1. The number of likely N-dealkylation sites (tertiary alicyclic amines) is 1. The molecule has 1 rings (SSSR count). The maximum Gasteiger partial charge on any atom is 0.332 e. The van der Waals surface area contributed by atoms with E-state index in [9.17, 15) is 48.3 Å². The fraction of sp³-hybridized carbons (Fsp3) is 0.640. The molecule has 0 saturated carbocycles. The predicted molar refractivity (Wildman–Crippen MR) is 150 cm³/mol. The number of likely N-dealkylation sites (N-methyl/N-ethyl adjacent to an activating group) is 1. The van der Waals surface area contributed by atoms with E-state index >= 15 is 0 Å². The molecule has 8 N–H and O–H groups in total. The Morgan fingerprint density at radius 1 is 0.804 bits per heavy atom. The summed E-state index contributed by atoms with van der Waals surface area (Å²) < 4.78 is 9.51. The molecule has 1 heterocycles. The van der Waals surface area contributed by atoms with Crippen LogP contribution in [0.25, 0.3) is 0 Å². The summed E-state index contributed by atoms with van der Waals surface area (Å²) in [6.45, 7) is -5.09. The predicted octanol–water partition coefficient (Wildman–Crippen LogP) is -6.99. The van der Waals surface area contributed by atoms with Gasteiger partial charge in [-0.15, -0.1) is 0 Å². The van der Waals surface area contributed by atoms with Gasteiger partial charge < -0.3 is 61.2 Å². The van der Waals surface area contributed by atoms with Gasteiger partial charge in [0.15, 0.2) is 6.61 Å². The number of amides is 7. The Hall–Kier alpha value is -4.89. The quantitative estimate of drug-likeness (QED) is 0.0597. The second kappa shape index (κ2) is 20.2. The van der Waals surface area contributed by atoms with E-state index in [1.807, 2.05) is 5.32 Å². The number of carbonyl (C=O) groups excluding carboxylic acids is 8. The average Bonchev–Trinajstić information content (AvgIpc) is 3.51.